The number of benzene rings is 1. The van der Waals surface area contributed by atoms with Crippen molar-refractivity contribution in [2.45, 2.75) is 53.2 Å². The molecule has 0 saturated carbocycles. The van der Waals surface area contributed by atoms with Crippen LogP contribution in [-0.2, 0) is 6.61 Å². The van der Waals surface area contributed by atoms with Crippen molar-refractivity contribution in [3.63, 3.8) is 0 Å². The lowest BCUT2D eigenvalue weighted by atomic mass is 10.1. The summed E-state index contributed by atoms with van der Waals surface area (Å²) in [5, 5.41) is 0.991. The van der Waals surface area contributed by atoms with Gasteiger partial charge in [-0.1, -0.05) is 19.9 Å². The van der Waals surface area contributed by atoms with Crippen molar-refractivity contribution in [1.29, 1.82) is 0 Å². The third kappa shape index (κ3) is 4.05. The van der Waals surface area contributed by atoms with Crippen LogP contribution in [0.5, 0.6) is 5.75 Å². The maximum atomic E-state index is 6.04. The van der Waals surface area contributed by atoms with E-state index in [4.69, 9.17) is 15.5 Å². The fraction of sp³-hybridized carbons (Fsp3) is 0.471. The molecule has 2 rings (SSSR count). The Hall–Kier alpha value is -1.39. The summed E-state index contributed by atoms with van der Waals surface area (Å²) in [6.07, 6.45) is 0. The summed E-state index contributed by atoms with van der Waals surface area (Å²) in [7, 11) is 0. The Balaban J connectivity index is 2.14. The second-order valence-corrected chi connectivity index (χ2v) is 7.03. The van der Waals surface area contributed by atoms with Gasteiger partial charge in [-0.3, -0.25) is 0 Å². The van der Waals surface area contributed by atoms with Crippen LogP contribution in [0.2, 0.25) is 0 Å². The summed E-state index contributed by atoms with van der Waals surface area (Å²) in [5.41, 5.74) is 9.57. The molecule has 1 aromatic heterocycles. The first-order valence-corrected chi connectivity index (χ1v) is 8.14. The Kier molecular flexibility index (Phi) is 5.01. The Labute approximate surface area is 131 Å². The van der Waals surface area contributed by atoms with E-state index in [1.165, 1.54) is 16.0 Å². The molecule has 1 heterocycles. The molecule has 1 atom stereocenters. The molecule has 0 aliphatic rings. The topological polar surface area (TPSA) is 48.1 Å². The highest BCUT2D eigenvalue weighted by molar-refractivity contribution is 7.11. The molecule has 0 amide bonds. The molecular weight excluding hydrogens is 280 g/mol. The second kappa shape index (κ2) is 6.58. The molecule has 0 spiro atoms. The maximum Gasteiger partial charge on any atom is 0.140 e. The highest BCUT2D eigenvalue weighted by Gasteiger charge is 2.17. The normalized spacial score (nSPS) is 12.7. The molecule has 1 aromatic carbocycles. The molecule has 0 bridgehead atoms. The van der Waals surface area contributed by atoms with Gasteiger partial charge in [0.1, 0.15) is 17.4 Å². The van der Waals surface area contributed by atoms with Crippen LogP contribution in [0.1, 0.15) is 59.4 Å². The minimum Gasteiger partial charge on any atom is -0.486 e. The van der Waals surface area contributed by atoms with E-state index in [9.17, 15) is 0 Å². The molecule has 2 aromatic rings. The van der Waals surface area contributed by atoms with E-state index in [0.29, 0.717) is 12.5 Å². The molecule has 0 aliphatic heterocycles. The van der Waals surface area contributed by atoms with Gasteiger partial charge in [-0.15, -0.1) is 11.3 Å². The molecule has 4 heteroatoms. The summed E-state index contributed by atoms with van der Waals surface area (Å²) in [6, 6.07) is 6.27. The van der Waals surface area contributed by atoms with Gasteiger partial charge in [-0.2, -0.15) is 0 Å². The van der Waals surface area contributed by atoms with E-state index < -0.39 is 0 Å². The standard InChI is InChI=1S/C17H24N2OS/c1-10(2)16-17(13(5)18)21-15(19-16)9-20-14-7-11(3)6-12(4)8-14/h6-8,10,13H,9,18H2,1-5H3. The van der Waals surface area contributed by atoms with Crippen molar-refractivity contribution in [2.24, 2.45) is 5.73 Å². The summed E-state index contributed by atoms with van der Waals surface area (Å²) >= 11 is 1.66. The first-order valence-electron chi connectivity index (χ1n) is 7.33. The largest absolute Gasteiger partial charge is 0.486 e. The molecule has 0 aliphatic carbocycles. The molecule has 3 nitrogen and oxygen atoms in total. The summed E-state index contributed by atoms with van der Waals surface area (Å²) in [5.74, 6) is 1.29. The van der Waals surface area contributed by atoms with Crippen LogP contribution in [0.15, 0.2) is 18.2 Å². The highest BCUT2D eigenvalue weighted by atomic mass is 32.1. The van der Waals surface area contributed by atoms with E-state index in [-0.39, 0.29) is 6.04 Å². The monoisotopic (exact) mass is 304 g/mol. The Morgan fingerprint density at radius 3 is 2.24 bits per heavy atom. The zero-order valence-corrected chi connectivity index (χ0v) is 14.3. The Morgan fingerprint density at radius 2 is 1.76 bits per heavy atom. The average molecular weight is 304 g/mol. The first-order chi connectivity index (χ1) is 9.86. The lowest BCUT2D eigenvalue weighted by Crippen LogP contribution is -2.06. The lowest BCUT2D eigenvalue weighted by Gasteiger charge is -2.07. The summed E-state index contributed by atoms with van der Waals surface area (Å²) in [6.45, 7) is 11.0. The first kappa shape index (κ1) is 16.0. The molecule has 1 unspecified atom stereocenters. The van der Waals surface area contributed by atoms with Crippen LogP contribution in [0, 0.1) is 13.8 Å². The molecule has 21 heavy (non-hydrogen) atoms. The molecule has 0 fully saturated rings. The van der Waals surface area contributed by atoms with Gasteiger partial charge >= 0.3 is 0 Å². The van der Waals surface area contributed by atoms with E-state index >= 15 is 0 Å². The number of nitrogens with two attached hydrogens (primary N) is 1. The van der Waals surface area contributed by atoms with Gasteiger partial charge in [0.15, 0.2) is 0 Å². The zero-order chi connectivity index (χ0) is 15.6. The number of thiazole rings is 1. The van der Waals surface area contributed by atoms with E-state index in [1.54, 1.807) is 11.3 Å². The number of hydrogen-bond donors (Lipinski definition) is 1. The van der Waals surface area contributed by atoms with E-state index in [2.05, 4.69) is 45.9 Å². The maximum absolute atomic E-state index is 6.04. The van der Waals surface area contributed by atoms with Crippen molar-refractivity contribution >= 4 is 11.3 Å². The van der Waals surface area contributed by atoms with Gasteiger partial charge in [-0.25, -0.2) is 4.98 Å². The van der Waals surface area contributed by atoms with Crippen molar-refractivity contribution < 1.29 is 4.74 Å². The minimum absolute atomic E-state index is 0.0230. The third-order valence-corrected chi connectivity index (χ3v) is 4.49. The number of aryl methyl sites for hydroxylation is 2. The number of nitrogens with zero attached hydrogens (tertiary/aromatic N) is 1. The van der Waals surface area contributed by atoms with Crippen LogP contribution in [-0.4, -0.2) is 4.98 Å². The Bertz CT molecular complexity index is 571. The third-order valence-electron chi connectivity index (χ3n) is 3.24. The molecule has 0 saturated heterocycles. The van der Waals surface area contributed by atoms with Crippen molar-refractivity contribution in [1.82, 2.24) is 4.98 Å². The smallest absolute Gasteiger partial charge is 0.140 e. The quantitative estimate of drug-likeness (QED) is 0.886. The van der Waals surface area contributed by atoms with Crippen LogP contribution in [0.25, 0.3) is 0 Å². The fourth-order valence-electron chi connectivity index (χ4n) is 2.35. The van der Waals surface area contributed by atoms with Gasteiger partial charge in [0, 0.05) is 10.9 Å². The molecule has 114 valence electrons. The fourth-order valence-corrected chi connectivity index (χ4v) is 3.44. The van der Waals surface area contributed by atoms with Gasteiger partial charge in [0.25, 0.3) is 0 Å². The van der Waals surface area contributed by atoms with Crippen LogP contribution in [0.4, 0.5) is 0 Å². The summed E-state index contributed by atoms with van der Waals surface area (Å²) in [4.78, 5) is 5.87. The van der Waals surface area contributed by atoms with Gasteiger partial charge in [0.2, 0.25) is 0 Å². The number of hydrogen-bond acceptors (Lipinski definition) is 4. The SMILES string of the molecule is Cc1cc(C)cc(OCc2nc(C(C)C)c(C(C)N)s2)c1. The van der Waals surface area contributed by atoms with Gasteiger partial charge in [0.05, 0.1) is 5.69 Å². The number of ether oxygens (including phenoxy) is 1. The van der Waals surface area contributed by atoms with E-state index in [1.807, 2.05) is 6.92 Å². The average Bonchev–Trinajstić information content (AvgIpc) is 2.79. The molecule has 0 radical (unpaired) electrons. The second-order valence-electron chi connectivity index (χ2n) is 5.91. The predicted octanol–water partition coefficient (Wildman–Crippen LogP) is 4.48. The number of aromatic nitrogens is 1. The zero-order valence-electron chi connectivity index (χ0n) is 13.4. The van der Waals surface area contributed by atoms with Crippen molar-refractivity contribution in [3.8, 4) is 5.75 Å². The highest BCUT2D eigenvalue weighted by Crippen LogP contribution is 2.30. The summed E-state index contributed by atoms with van der Waals surface area (Å²) < 4.78 is 5.89. The lowest BCUT2D eigenvalue weighted by molar-refractivity contribution is 0.305. The van der Waals surface area contributed by atoms with Crippen LogP contribution >= 0.6 is 11.3 Å². The van der Waals surface area contributed by atoms with Gasteiger partial charge < -0.3 is 10.5 Å². The van der Waals surface area contributed by atoms with Gasteiger partial charge in [-0.05, 0) is 49.9 Å². The van der Waals surface area contributed by atoms with Crippen LogP contribution in [0.3, 0.4) is 0 Å². The van der Waals surface area contributed by atoms with E-state index in [0.717, 1.165) is 16.5 Å². The van der Waals surface area contributed by atoms with Crippen molar-refractivity contribution in [3.05, 3.63) is 44.9 Å². The minimum atomic E-state index is 0.0230. The predicted molar refractivity (Wildman–Crippen MR) is 89.1 cm³/mol. The Morgan fingerprint density at radius 1 is 1.14 bits per heavy atom. The molecular formula is C17H24N2OS. The van der Waals surface area contributed by atoms with Crippen LogP contribution < -0.4 is 10.5 Å². The van der Waals surface area contributed by atoms with Crippen molar-refractivity contribution in [2.75, 3.05) is 0 Å². The number of rotatable bonds is 5. The molecule has 2 N–H and O–H groups in total.